The van der Waals surface area contributed by atoms with Gasteiger partial charge in [0.25, 0.3) is 0 Å². The first-order chi connectivity index (χ1) is 9.58. The number of carbonyl (C=O) groups excluding carboxylic acids is 1. The predicted molar refractivity (Wildman–Crippen MR) is 81.5 cm³/mol. The molecule has 2 amide bonds. The number of nitrogens with one attached hydrogen (secondary N) is 2. The SMILES string of the molecule is O=C(Nc1cccc(CO)c1)Nc1ccc(Cl)c(Cl)c1. The molecule has 0 spiro atoms. The van der Waals surface area contributed by atoms with Crippen molar-refractivity contribution in [2.24, 2.45) is 0 Å². The molecule has 0 unspecified atom stereocenters. The molecule has 4 nitrogen and oxygen atoms in total. The Bertz CT molecular complexity index is 632. The highest BCUT2D eigenvalue weighted by molar-refractivity contribution is 6.42. The van der Waals surface area contributed by atoms with Gasteiger partial charge in [-0.05, 0) is 35.9 Å². The van der Waals surface area contributed by atoms with Gasteiger partial charge in [-0.1, -0.05) is 35.3 Å². The van der Waals surface area contributed by atoms with Gasteiger partial charge in [-0.3, -0.25) is 0 Å². The molecule has 0 aliphatic rings. The number of aliphatic hydroxyl groups excluding tert-OH is 1. The summed E-state index contributed by atoms with van der Waals surface area (Å²) in [6.45, 7) is -0.0794. The zero-order valence-corrected chi connectivity index (χ0v) is 11.9. The van der Waals surface area contributed by atoms with Crippen molar-refractivity contribution in [3.05, 3.63) is 58.1 Å². The number of hydrogen-bond acceptors (Lipinski definition) is 2. The normalized spacial score (nSPS) is 10.2. The molecule has 20 heavy (non-hydrogen) atoms. The number of hydrogen-bond donors (Lipinski definition) is 3. The summed E-state index contributed by atoms with van der Waals surface area (Å²) in [5.74, 6) is 0. The van der Waals surface area contributed by atoms with Crippen molar-refractivity contribution in [3.8, 4) is 0 Å². The molecular weight excluding hydrogens is 299 g/mol. The van der Waals surface area contributed by atoms with Gasteiger partial charge in [0.1, 0.15) is 0 Å². The molecule has 0 bridgehead atoms. The summed E-state index contributed by atoms with van der Waals surface area (Å²) in [7, 11) is 0. The maximum Gasteiger partial charge on any atom is 0.323 e. The lowest BCUT2D eigenvalue weighted by molar-refractivity contribution is 0.262. The second-order valence-electron chi connectivity index (χ2n) is 4.07. The fourth-order valence-corrected chi connectivity index (χ4v) is 1.91. The third kappa shape index (κ3) is 3.87. The first-order valence-electron chi connectivity index (χ1n) is 5.81. The highest BCUT2D eigenvalue weighted by Crippen LogP contribution is 2.25. The van der Waals surface area contributed by atoms with E-state index in [1.165, 1.54) is 0 Å². The van der Waals surface area contributed by atoms with E-state index in [0.29, 0.717) is 21.4 Å². The van der Waals surface area contributed by atoms with Crippen molar-refractivity contribution < 1.29 is 9.90 Å². The number of rotatable bonds is 3. The summed E-state index contributed by atoms with van der Waals surface area (Å²) in [6, 6.07) is 11.3. The maximum atomic E-state index is 11.8. The average Bonchev–Trinajstić information content (AvgIpc) is 2.43. The smallest absolute Gasteiger partial charge is 0.323 e. The number of halogens is 2. The monoisotopic (exact) mass is 310 g/mol. The third-order valence-corrected chi connectivity index (χ3v) is 3.28. The number of amides is 2. The topological polar surface area (TPSA) is 61.4 Å². The highest BCUT2D eigenvalue weighted by atomic mass is 35.5. The fraction of sp³-hybridized carbons (Fsp3) is 0.0714. The molecule has 2 aromatic carbocycles. The van der Waals surface area contributed by atoms with E-state index < -0.39 is 6.03 Å². The molecule has 2 rings (SSSR count). The minimum atomic E-state index is -0.404. The number of aliphatic hydroxyl groups is 1. The molecule has 0 radical (unpaired) electrons. The van der Waals surface area contributed by atoms with Gasteiger partial charge in [0.05, 0.1) is 16.7 Å². The Hall–Kier alpha value is -1.75. The Morgan fingerprint density at radius 3 is 2.35 bits per heavy atom. The number of anilines is 2. The van der Waals surface area contributed by atoms with Crippen LogP contribution in [0, 0.1) is 0 Å². The molecule has 0 aliphatic carbocycles. The summed E-state index contributed by atoms with van der Waals surface area (Å²) in [5.41, 5.74) is 1.85. The van der Waals surface area contributed by atoms with E-state index in [-0.39, 0.29) is 6.61 Å². The Morgan fingerprint density at radius 2 is 1.70 bits per heavy atom. The van der Waals surface area contributed by atoms with Crippen molar-refractivity contribution in [2.45, 2.75) is 6.61 Å². The first kappa shape index (κ1) is 14.7. The van der Waals surface area contributed by atoms with Crippen LogP contribution in [0.4, 0.5) is 16.2 Å². The minimum absolute atomic E-state index is 0.0794. The highest BCUT2D eigenvalue weighted by Gasteiger charge is 2.05. The number of carbonyl (C=O) groups is 1. The Morgan fingerprint density at radius 1 is 1.00 bits per heavy atom. The van der Waals surface area contributed by atoms with Crippen molar-refractivity contribution in [1.29, 1.82) is 0 Å². The van der Waals surface area contributed by atoms with Gasteiger partial charge in [-0.15, -0.1) is 0 Å². The molecule has 0 saturated carbocycles. The zero-order chi connectivity index (χ0) is 14.5. The summed E-state index contributed by atoms with van der Waals surface area (Å²) in [4.78, 5) is 11.8. The molecule has 0 fully saturated rings. The van der Waals surface area contributed by atoms with E-state index in [0.717, 1.165) is 5.56 Å². The number of urea groups is 1. The zero-order valence-electron chi connectivity index (χ0n) is 10.4. The van der Waals surface area contributed by atoms with E-state index in [1.54, 1.807) is 42.5 Å². The lowest BCUT2D eigenvalue weighted by atomic mass is 10.2. The molecule has 0 saturated heterocycles. The number of benzene rings is 2. The van der Waals surface area contributed by atoms with Crippen molar-refractivity contribution >= 4 is 40.6 Å². The van der Waals surface area contributed by atoms with Crippen LogP contribution in [0.15, 0.2) is 42.5 Å². The molecule has 0 heterocycles. The van der Waals surface area contributed by atoms with Crippen LogP contribution in [-0.4, -0.2) is 11.1 Å². The van der Waals surface area contributed by atoms with Gasteiger partial charge in [-0.25, -0.2) is 4.79 Å². The van der Waals surface area contributed by atoms with Crippen LogP contribution in [0.5, 0.6) is 0 Å². The van der Waals surface area contributed by atoms with Crippen molar-refractivity contribution in [3.63, 3.8) is 0 Å². The van der Waals surface area contributed by atoms with Crippen LogP contribution in [0.25, 0.3) is 0 Å². The molecular formula is C14H12Cl2N2O2. The van der Waals surface area contributed by atoms with Crippen LogP contribution in [0.1, 0.15) is 5.56 Å². The quantitative estimate of drug-likeness (QED) is 0.798. The standard InChI is InChI=1S/C14H12Cl2N2O2/c15-12-5-4-11(7-13(12)16)18-14(20)17-10-3-1-2-9(6-10)8-19/h1-7,19H,8H2,(H2,17,18,20). The van der Waals surface area contributed by atoms with Crippen LogP contribution in [0.2, 0.25) is 10.0 Å². The first-order valence-corrected chi connectivity index (χ1v) is 6.57. The van der Waals surface area contributed by atoms with Gasteiger partial charge >= 0.3 is 6.03 Å². The van der Waals surface area contributed by atoms with Gasteiger partial charge in [0.2, 0.25) is 0 Å². The lowest BCUT2D eigenvalue weighted by Gasteiger charge is -2.09. The maximum absolute atomic E-state index is 11.8. The average molecular weight is 311 g/mol. The van der Waals surface area contributed by atoms with Gasteiger partial charge in [-0.2, -0.15) is 0 Å². The third-order valence-electron chi connectivity index (χ3n) is 2.54. The van der Waals surface area contributed by atoms with E-state index in [1.807, 2.05) is 0 Å². The molecule has 2 aromatic rings. The van der Waals surface area contributed by atoms with E-state index in [2.05, 4.69) is 10.6 Å². The van der Waals surface area contributed by atoms with Crippen LogP contribution in [0.3, 0.4) is 0 Å². The van der Waals surface area contributed by atoms with Crippen LogP contribution in [-0.2, 0) is 6.61 Å². The van der Waals surface area contributed by atoms with Gasteiger partial charge < -0.3 is 15.7 Å². The second kappa shape index (κ2) is 6.61. The molecule has 0 aliphatic heterocycles. The molecule has 3 N–H and O–H groups in total. The molecule has 0 atom stereocenters. The summed E-state index contributed by atoms with van der Waals surface area (Å²) in [6.07, 6.45) is 0. The minimum Gasteiger partial charge on any atom is -0.392 e. The lowest BCUT2D eigenvalue weighted by Crippen LogP contribution is -2.19. The molecule has 0 aromatic heterocycles. The summed E-state index contributed by atoms with van der Waals surface area (Å²) in [5, 5.41) is 15.1. The largest absolute Gasteiger partial charge is 0.392 e. The van der Waals surface area contributed by atoms with Crippen molar-refractivity contribution in [1.82, 2.24) is 0 Å². The van der Waals surface area contributed by atoms with Crippen LogP contribution < -0.4 is 10.6 Å². The van der Waals surface area contributed by atoms with E-state index in [9.17, 15) is 4.79 Å². The summed E-state index contributed by atoms with van der Waals surface area (Å²) < 4.78 is 0. The Labute approximate surface area is 126 Å². The van der Waals surface area contributed by atoms with E-state index >= 15 is 0 Å². The van der Waals surface area contributed by atoms with Gasteiger partial charge in [0.15, 0.2) is 0 Å². The molecule has 104 valence electrons. The fourth-order valence-electron chi connectivity index (χ4n) is 1.61. The predicted octanol–water partition coefficient (Wildman–Crippen LogP) is 4.13. The van der Waals surface area contributed by atoms with E-state index in [4.69, 9.17) is 28.3 Å². The summed E-state index contributed by atoms with van der Waals surface area (Å²) >= 11 is 11.7. The van der Waals surface area contributed by atoms with Crippen molar-refractivity contribution in [2.75, 3.05) is 10.6 Å². The van der Waals surface area contributed by atoms with Gasteiger partial charge in [0, 0.05) is 11.4 Å². The Kier molecular flexibility index (Phi) is 4.84. The Balaban J connectivity index is 2.03. The van der Waals surface area contributed by atoms with Crippen LogP contribution >= 0.6 is 23.2 Å². The second-order valence-corrected chi connectivity index (χ2v) is 4.88. The molecule has 6 heteroatoms.